The van der Waals surface area contributed by atoms with E-state index in [1.54, 1.807) is 0 Å². The second-order valence-corrected chi connectivity index (χ2v) is 3.31. The van der Waals surface area contributed by atoms with Crippen molar-refractivity contribution in [3.63, 3.8) is 0 Å². The second-order valence-electron chi connectivity index (χ2n) is 2.46. The lowest BCUT2D eigenvalue weighted by molar-refractivity contribution is 1.06. The van der Waals surface area contributed by atoms with E-state index in [9.17, 15) is 0 Å². The van der Waals surface area contributed by atoms with E-state index >= 15 is 0 Å². The Kier molecular flexibility index (Phi) is 2.52. The minimum Gasteiger partial charge on any atom is -0.398 e. The highest BCUT2D eigenvalue weighted by Crippen LogP contribution is 2.24. The van der Waals surface area contributed by atoms with Crippen LogP contribution in [0, 0.1) is 6.92 Å². The molecule has 1 aromatic carbocycles. The highest BCUT2D eigenvalue weighted by molar-refractivity contribution is 9.10. The normalized spacial score (nSPS) is 10.1. The molecule has 3 heteroatoms. The zero-order valence-corrected chi connectivity index (χ0v) is 7.98. The summed E-state index contributed by atoms with van der Waals surface area (Å²) in [6, 6.07) is 3.94. The fourth-order valence-corrected chi connectivity index (χ4v) is 1.47. The van der Waals surface area contributed by atoms with Crippen LogP contribution in [0.3, 0.4) is 0 Å². The average molecular weight is 215 g/mol. The lowest BCUT2D eigenvalue weighted by atomic mass is 10.1. The van der Waals surface area contributed by atoms with Crippen LogP contribution in [0.25, 0.3) is 0 Å². The van der Waals surface area contributed by atoms with Gasteiger partial charge in [0.15, 0.2) is 0 Å². The van der Waals surface area contributed by atoms with Crippen molar-refractivity contribution in [1.82, 2.24) is 0 Å². The van der Waals surface area contributed by atoms with E-state index in [0.29, 0.717) is 6.54 Å². The minimum absolute atomic E-state index is 0.480. The van der Waals surface area contributed by atoms with Gasteiger partial charge >= 0.3 is 0 Å². The number of rotatable bonds is 1. The maximum Gasteiger partial charge on any atom is 0.0400 e. The molecule has 0 aliphatic heterocycles. The summed E-state index contributed by atoms with van der Waals surface area (Å²) in [4.78, 5) is 0. The molecule has 0 aliphatic rings. The number of hydrogen-bond donors (Lipinski definition) is 2. The molecule has 0 heterocycles. The van der Waals surface area contributed by atoms with Crippen molar-refractivity contribution in [2.45, 2.75) is 13.5 Å². The largest absolute Gasteiger partial charge is 0.398 e. The highest BCUT2D eigenvalue weighted by atomic mass is 79.9. The predicted molar refractivity (Wildman–Crippen MR) is 51.2 cm³/mol. The lowest BCUT2D eigenvalue weighted by Crippen LogP contribution is -2.03. The molecule has 0 aromatic heterocycles. The Morgan fingerprint density at radius 2 is 2.09 bits per heavy atom. The van der Waals surface area contributed by atoms with Gasteiger partial charge in [0, 0.05) is 22.3 Å². The Balaban J connectivity index is 3.29. The van der Waals surface area contributed by atoms with Crippen LogP contribution in [0.4, 0.5) is 5.69 Å². The first-order valence-electron chi connectivity index (χ1n) is 3.40. The molecule has 11 heavy (non-hydrogen) atoms. The monoisotopic (exact) mass is 214 g/mol. The molecule has 1 aromatic rings. The minimum atomic E-state index is 0.480. The van der Waals surface area contributed by atoms with E-state index in [4.69, 9.17) is 11.5 Å². The molecule has 0 bridgehead atoms. The number of anilines is 1. The molecule has 0 atom stereocenters. The maximum absolute atomic E-state index is 5.78. The van der Waals surface area contributed by atoms with Gasteiger partial charge in [-0.25, -0.2) is 0 Å². The number of halogens is 1. The predicted octanol–water partition coefficient (Wildman–Crippen LogP) is 1.80. The number of aryl methyl sites for hydroxylation is 1. The summed E-state index contributed by atoms with van der Waals surface area (Å²) in [5.74, 6) is 0. The van der Waals surface area contributed by atoms with Crippen LogP contribution < -0.4 is 11.5 Å². The molecule has 4 N–H and O–H groups in total. The van der Waals surface area contributed by atoms with Crippen LogP contribution in [0.5, 0.6) is 0 Å². The van der Waals surface area contributed by atoms with Gasteiger partial charge in [-0.2, -0.15) is 0 Å². The van der Waals surface area contributed by atoms with E-state index in [2.05, 4.69) is 15.9 Å². The zero-order chi connectivity index (χ0) is 8.43. The molecule has 2 nitrogen and oxygen atoms in total. The Labute approximate surface area is 74.7 Å². The molecule has 60 valence electrons. The average Bonchev–Trinajstić information content (AvgIpc) is 1.99. The number of nitrogen functional groups attached to an aromatic ring is 1. The van der Waals surface area contributed by atoms with Gasteiger partial charge in [-0.1, -0.05) is 22.0 Å². The maximum atomic E-state index is 5.78. The first-order chi connectivity index (χ1) is 5.16. The fraction of sp³-hybridized carbons (Fsp3) is 0.250. The summed E-state index contributed by atoms with van der Waals surface area (Å²) >= 11 is 3.38. The van der Waals surface area contributed by atoms with E-state index in [1.165, 1.54) is 0 Å². The zero-order valence-electron chi connectivity index (χ0n) is 6.39. The van der Waals surface area contributed by atoms with Gasteiger partial charge in [0.1, 0.15) is 0 Å². The molecule has 1 rings (SSSR count). The number of nitrogens with two attached hydrogens (primary N) is 2. The highest BCUT2D eigenvalue weighted by Gasteiger charge is 2.03. The van der Waals surface area contributed by atoms with Crippen molar-refractivity contribution >= 4 is 21.6 Å². The van der Waals surface area contributed by atoms with Crippen LogP contribution >= 0.6 is 15.9 Å². The summed E-state index contributed by atoms with van der Waals surface area (Å²) in [7, 11) is 0. The Bertz CT molecular complexity index is 271. The van der Waals surface area contributed by atoms with Gasteiger partial charge in [0.2, 0.25) is 0 Å². The van der Waals surface area contributed by atoms with Crippen LogP contribution in [0.2, 0.25) is 0 Å². The van der Waals surface area contributed by atoms with Gasteiger partial charge in [0.05, 0.1) is 0 Å². The second kappa shape index (κ2) is 3.24. The fourth-order valence-electron chi connectivity index (χ4n) is 0.963. The first-order valence-corrected chi connectivity index (χ1v) is 4.19. The van der Waals surface area contributed by atoms with Crippen molar-refractivity contribution in [2.24, 2.45) is 5.73 Å². The van der Waals surface area contributed by atoms with E-state index in [1.807, 2.05) is 19.1 Å². The van der Waals surface area contributed by atoms with Gasteiger partial charge in [0.25, 0.3) is 0 Å². The number of hydrogen-bond acceptors (Lipinski definition) is 2. The van der Waals surface area contributed by atoms with Gasteiger partial charge in [-0.3, -0.25) is 0 Å². The molecule has 0 unspecified atom stereocenters. The summed E-state index contributed by atoms with van der Waals surface area (Å²) < 4.78 is 0.989. The SMILES string of the molecule is Cc1ccc(Br)c(CN)c1N. The van der Waals surface area contributed by atoms with Crippen molar-refractivity contribution in [3.8, 4) is 0 Å². The van der Waals surface area contributed by atoms with Gasteiger partial charge in [-0.05, 0) is 18.6 Å². The number of benzene rings is 1. The van der Waals surface area contributed by atoms with Crippen LogP contribution in [0.1, 0.15) is 11.1 Å². The van der Waals surface area contributed by atoms with Crippen molar-refractivity contribution in [3.05, 3.63) is 27.7 Å². The summed E-state index contributed by atoms with van der Waals surface area (Å²) in [5.41, 5.74) is 14.2. The van der Waals surface area contributed by atoms with E-state index < -0.39 is 0 Å². The van der Waals surface area contributed by atoms with Crippen LogP contribution in [-0.4, -0.2) is 0 Å². The topological polar surface area (TPSA) is 52.0 Å². The van der Waals surface area contributed by atoms with E-state index in [0.717, 1.165) is 21.3 Å². The first kappa shape index (κ1) is 8.56. The van der Waals surface area contributed by atoms with E-state index in [-0.39, 0.29) is 0 Å². The van der Waals surface area contributed by atoms with Crippen molar-refractivity contribution in [2.75, 3.05) is 5.73 Å². The standard InChI is InChI=1S/C8H11BrN2/c1-5-2-3-7(9)6(4-10)8(5)11/h2-3H,4,10-11H2,1H3. The van der Waals surface area contributed by atoms with Crippen LogP contribution in [0.15, 0.2) is 16.6 Å². The summed E-state index contributed by atoms with van der Waals surface area (Å²) in [6.07, 6.45) is 0. The van der Waals surface area contributed by atoms with Gasteiger partial charge in [-0.15, -0.1) is 0 Å². The molecular formula is C8H11BrN2. The van der Waals surface area contributed by atoms with Gasteiger partial charge < -0.3 is 11.5 Å². The Morgan fingerprint density at radius 1 is 1.45 bits per heavy atom. The molecular weight excluding hydrogens is 204 g/mol. The molecule has 0 aliphatic carbocycles. The van der Waals surface area contributed by atoms with Crippen molar-refractivity contribution < 1.29 is 0 Å². The molecule has 0 amide bonds. The third-order valence-corrected chi connectivity index (χ3v) is 2.46. The molecule has 0 saturated heterocycles. The summed E-state index contributed by atoms with van der Waals surface area (Å²) in [5, 5.41) is 0. The third-order valence-electron chi connectivity index (χ3n) is 1.72. The molecule has 0 spiro atoms. The molecule has 0 saturated carbocycles. The smallest absolute Gasteiger partial charge is 0.0400 e. The summed E-state index contributed by atoms with van der Waals surface area (Å²) in [6.45, 7) is 2.45. The van der Waals surface area contributed by atoms with Crippen LogP contribution in [-0.2, 0) is 6.54 Å². The molecule has 0 fully saturated rings. The van der Waals surface area contributed by atoms with Crippen molar-refractivity contribution in [1.29, 1.82) is 0 Å². The molecule has 0 radical (unpaired) electrons. The quantitative estimate of drug-likeness (QED) is 0.701. The lowest BCUT2D eigenvalue weighted by Gasteiger charge is -2.07. The third kappa shape index (κ3) is 1.54. The Morgan fingerprint density at radius 3 is 2.55 bits per heavy atom. The Hall–Kier alpha value is -0.540.